The lowest BCUT2D eigenvalue weighted by Crippen LogP contribution is -2.23. The van der Waals surface area contributed by atoms with Gasteiger partial charge in [0.25, 0.3) is 0 Å². The monoisotopic (exact) mass is 393 g/mol. The zero-order valence-corrected chi connectivity index (χ0v) is 16.9. The van der Waals surface area contributed by atoms with E-state index < -0.39 is 0 Å². The molecule has 4 aromatic rings. The van der Waals surface area contributed by atoms with Crippen molar-refractivity contribution in [2.24, 2.45) is 0 Å². The van der Waals surface area contributed by atoms with E-state index in [1.807, 2.05) is 6.07 Å². The van der Waals surface area contributed by atoms with Gasteiger partial charge in [-0.1, -0.05) is 60.2 Å². The van der Waals surface area contributed by atoms with E-state index in [9.17, 15) is 0 Å². The summed E-state index contributed by atoms with van der Waals surface area (Å²) in [6.45, 7) is 5.86. The van der Waals surface area contributed by atoms with Crippen LogP contribution in [0.3, 0.4) is 0 Å². The van der Waals surface area contributed by atoms with Gasteiger partial charge in [-0.25, -0.2) is 4.98 Å². The summed E-state index contributed by atoms with van der Waals surface area (Å²) in [6, 6.07) is 19.0. The Morgan fingerprint density at radius 3 is 2.44 bits per heavy atom. The lowest BCUT2D eigenvalue weighted by atomic mass is 10.0. The normalized spacial score (nSPS) is 11.1. The highest BCUT2D eigenvalue weighted by atomic mass is 35.5. The predicted molar refractivity (Wildman–Crippen MR) is 116 cm³/mol. The molecule has 0 spiro atoms. The summed E-state index contributed by atoms with van der Waals surface area (Å²) in [5.41, 5.74) is 4.83. The van der Waals surface area contributed by atoms with Gasteiger partial charge in [-0.15, -0.1) is 11.3 Å². The number of aryl methyl sites for hydroxylation is 1. The molecule has 0 bridgehead atoms. The fraction of sp³-hybridized carbons (Fsp3) is 0.182. The average molecular weight is 394 g/mol. The van der Waals surface area contributed by atoms with Gasteiger partial charge in [-0.05, 0) is 36.6 Å². The Kier molecular flexibility index (Phi) is 5.10. The van der Waals surface area contributed by atoms with Crippen molar-refractivity contribution < 1.29 is 0 Å². The molecule has 0 fully saturated rings. The third-order valence-electron chi connectivity index (χ3n) is 4.65. The highest BCUT2D eigenvalue weighted by Gasteiger charge is 2.19. The number of thiophene rings is 1. The van der Waals surface area contributed by atoms with Gasteiger partial charge in [-0.2, -0.15) is 4.98 Å². The molecule has 0 aliphatic carbocycles. The summed E-state index contributed by atoms with van der Waals surface area (Å²) < 4.78 is 0. The van der Waals surface area contributed by atoms with Gasteiger partial charge in [0.05, 0.1) is 5.39 Å². The van der Waals surface area contributed by atoms with E-state index in [0.29, 0.717) is 5.28 Å². The Morgan fingerprint density at radius 2 is 1.74 bits per heavy atom. The number of anilines is 1. The molecule has 2 aromatic carbocycles. The van der Waals surface area contributed by atoms with Crippen LogP contribution in [-0.2, 0) is 6.54 Å². The first-order chi connectivity index (χ1) is 13.2. The van der Waals surface area contributed by atoms with E-state index in [-0.39, 0.29) is 0 Å². The van der Waals surface area contributed by atoms with Crippen LogP contribution >= 0.6 is 22.9 Å². The molecule has 3 nitrogen and oxygen atoms in total. The van der Waals surface area contributed by atoms with Gasteiger partial charge in [0.2, 0.25) is 5.28 Å². The van der Waals surface area contributed by atoms with Crippen LogP contribution in [0.2, 0.25) is 5.28 Å². The van der Waals surface area contributed by atoms with Crippen molar-refractivity contribution >= 4 is 39.0 Å². The summed E-state index contributed by atoms with van der Waals surface area (Å²) in [5.74, 6) is 0.896. The Labute approximate surface area is 168 Å². The minimum Gasteiger partial charge on any atom is -0.352 e. The second-order valence-corrected chi connectivity index (χ2v) is 7.71. The van der Waals surface area contributed by atoms with E-state index >= 15 is 0 Å². The first kappa shape index (κ1) is 18.0. The number of hydrogen-bond donors (Lipinski definition) is 0. The quantitative estimate of drug-likeness (QED) is 0.370. The van der Waals surface area contributed by atoms with Crippen molar-refractivity contribution in [2.45, 2.75) is 20.4 Å². The smallest absolute Gasteiger partial charge is 0.225 e. The third kappa shape index (κ3) is 3.68. The standard InChI is InChI=1S/C22H20ClN3S/c1-3-26(13-16-7-5-4-6-8-16)20-19-18(17-11-9-15(2)10-12-17)14-27-21(19)25-22(23)24-20/h4-12,14H,3,13H2,1-2H3. The predicted octanol–water partition coefficient (Wildman–Crippen LogP) is 6.35. The van der Waals surface area contributed by atoms with Crippen LogP contribution in [0.5, 0.6) is 0 Å². The topological polar surface area (TPSA) is 29.0 Å². The van der Waals surface area contributed by atoms with Crippen molar-refractivity contribution in [3.05, 3.63) is 76.4 Å². The van der Waals surface area contributed by atoms with Crippen molar-refractivity contribution in [1.82, 2.24) is 9.97 Å². The molecule has 0 N–H and O–H groups in total. The summed E-state index contributed by atoms with van der Waals surface area (Å²) in [7, 11) is 0. The molecule has 5 heteroatoms. The minimum absolute atomic E-state index is 0.293. The summed E-state index contributed by atoms with van der Waals surface area (Å²) in [4.78, 5) is 12.3. The van der Waals surface area contributed by atoms with Crippen molar-refractivity contribution in [1.29, 1.82) is 0 Å². The SMILES string of the molecule is CCN(Cc1ccccc1)c1nc(Cl)nc2scc(-c3ccc(C)cc3)c12. The Morgan fingerprint density at radius 1 is 1.00 bits per heavy atom. The molecule has 4 rings (SSSR count). The van der Waals surface area contributed by atoms with Gasteiger partial charge in [0, 0.05) is 24.0 Å². The molecule has 0 radical (unpaired) electrons. The second kappa shape index (κ2) is 7.67. The zero-order valence-electron chi connectivity index (χ0n) is 15.3. The van der Waals surface area contributed by atoms with Gasteiger partial charge >= 0.3 is 0 Å². The fourth-order valence-corrected chi connectivity index (χ4v) is 4.37. The molecule has 0 unspecified atom stereocenters. The number of nitrogens with zero attached hydrogens (tertiary/aromatic N) is 3. The number of benzene rings is 2. The molecule has 136 valence electrons. The first-order valence-corrected chi connectivity index (χ1v) is 10.2. The summed E-state index contributed by atoms with van der Waals surface area (Å²) in [5, 5.41) is 3.52. The van der Waals surface area contributed by atoms with E-state index in [0.717, 1.165) is 34.7 Å². The van der Waals surface area contributed by atoms with Gasteiger partial charge in [0.15, 0.2) is 0 Å². The van der Waals surface area contributed by atoms with Crippen LogP contribution in [0.25, 0.3) is 21.3 Å². The molecule has 27 heavy (non-hydrogen) atoms. The van der Waals surface area contributed by atoms with Gasteiger partial charge in [0.1, 0.15) is 10.6 Å². The van der Waals surface area contributed by atoms with E-state index in [1.165, 1.54) is 16.7 Å². The van der Waals surface area contributed by atoms with Crippen LogP contribution in [0.1, 0.15) is 18.1 Å². The first-order valence-electron chi connectivity index (χ1n) is 8.96. The summed E-state index contributed by atoms with van der Waals surface area (Å²) in [6.07, 6.45) is 0. The number of fused-ring (bicyclic) bond motifs is 1. The van der Waals surface area contributed by atoms with Gasteiger partial charge < -0.3 is 4.90 Å². The van der Waals surface area contributed by atoms with Crippen LogP contribution in [-0.4, -0.2) is 16.5 Å². The maximum Gasteiger partial charge on any atom is 0.225 e. The fourth-order valence-electron chi connectivity index (χ4n) is 3.21. The molecule has 0 saturated heterocycles. The lowest BCUT2D eigenvalue weighted by Gasteiger charge is -2.23. The van der Waals surface area contributed by atoms with Crippen LogP contribution in [0, 0.1) is 6.92 Å². The number of aromatic nitrogens is 2. The van der Waals surface area contributed by atoms with E-state index in [4.69, 9.17) is 11.6 Å². The van der Waals surface area contributed by atoms with E-state index in [1.54, 1.807) is 11.3 Å². The van der Waals surface area contributed by atoms with Crippen LogP contribution < -0.4 is 4.90 Å². The van der Waals surface area contributed by atoms with Crippen LogP contribution in [0.4, 0.5) is 5.82 Å². The Balaban J connectivity index is 1.85. The highest BCUT2D eigenvalue weighted by molar-refractivity contribution is 7.17. The molecule has 0 atom stereocenters. The van der Waals surface area contributed by atoms with Crippen molar-refractivity contribution in [3.8, 4) is 11.1 Å². The molecule has 0 aliphatic rings. The molecule has 0 aliphatic heterocycles. The lowest BCUT2D eigenvalue weighted by molar-refractivity contribution is 0.817. The molecule has 0 amide bonds. The number of halogens is 1. The minimum atomic E-state index is 0.293. The molecule has 2 aromatic heterocycles. The summed E-state index contributed by atoms with van der Waals surface area (Å²) >= 11 is 7.87. The van der Waals surface area contributed by atoms with Crippen molar-refractivity contribution in [2.75, 3.05) is 11.4 Å². The molecule has 2 heterocycles. The maximum atomic E-state index is 6.26. The second-order valence-electron chi connectivity index (χ2n) is 6.51. The Hall–Kier alpha value is -2.43. The maximum absolute atomic E-state index is 6.26. The largest absolute Gasteiger partial charge is 0.352 e. The zero-order chi connectivity index (χ0) is 18.8. The highest BCUT2D eigenvalue weighted by Crippen LogP contribution is 2.39. The molecular weight excluding hydrogens is 374 g/mol. The molecule has 0 saturated carbocycles. The number of hydrogen-bond acceptors (Lipinski definition) is 4. The van der Waals surface area contributed by atoms with Crippen LogP contribution in [0.15, 0.2) is 60.0 Å². The van der Waals surface area contributed by atoms with Gasteiger partial charge in [-0.3, -0.25) is 0 Å². The Bertz CT molecular complexity index is 1060. The molecular formula is C22H20ClN3S. The van der Waals surface area contributed by atoms with Crippen molar-refractivity contribution in [3.63, 3.8) is 0 Å². The third-order valence-corrected chi connectivity index (χ3v) is 5.69. The number of rotatable bonds is 5. The van der Waals surface area contributed by atoms with E-state index in [2.05, 4.69) is 82.6 Å². The average Bonchev–Trinajstić information content (AvgIpc) is 3.10.